The van der Waals surface area contributed by atoms with Crippen LogP contribution in [0.5, 0.6) is 0 Å². The van der Waals surface area contributed by atoms with Crippen molar-refractivity contribution in [3.63, 3.8) is 0 Å². The molecule has 3 heterocycles. The van der Waals surface area contributed by atoms with Gasteiger partial charge >= 0.3 is 5.97 Å². The number of aliphatic carboxylic acids is 1. The number of carbonyl (C=O) groups is 1. The highest BCUT2D eigenvalue weighted by molar-refractivity contribution is 7.16. The van der Waals surface area contributed by atoms with E-state index in [-0.39, 0.29) is 0 Å². The maximum Gasteiger partial charge on any atom is 0.328 e. The van der Waals surface area contributed by atoms with Gasteiger partial charge in [-0.25, -0.2) is 4.79 Å². The molecule has 0 radical (unpaired) electrons. The molecular weight excluding hydrogens is 324 g/mol. The molecule has 5 nitrogen and oxygen atoms in total. The van der Waals surface area contributed by atoms with Crippen molar-refractivity contribution >= 4 is 34.1 Å². The number of aromatic nitrogens is 1. The van der Waals surface area contributed by atoms with Crippen LogP contribution in [0.1, 0.15) is 33.5 Å². The first-order valence-electron chi connectivity index (χ1n) is 6.61. The van der Waals surface area contributed by atoms with Gasteiger partial charge in [-0.15, -0.1) is 11.3 Å². The lowest BCUT2D eigenvalue weighted by Crippen LogP contribution is -1.97. The van der Waals surface area contributed by atoms with Crippen molar-refractivity contribution in [1.82, 2.24) is 5.16 Å². The molecule has 0 aliphatic carbocycles. The molecular formula is C15H13ClN2O3S. The molecule has 2 aromatic rings. The fraction of sp³-hybridized carbons (Fsp3) is 0.267. The van der Waals surface area contributed by atoms with E-state index in [9.17, 15) is 4.79 Å². The van der Waals surface area contributed by atoms with Crippen LogP contribution < -0.4 is 0 Å². The van der Waals surface area contributed by atoms with E-state index in [1.54, 1.807) is 11.3 Å². The topological polar surface area (TPSA) is 75.7 Å². The number of rotatable bonds is 2. The normalized spacial score (nSPS) is 17.1. The Kier molecular flexibility index (Phi) is 3.66. The van der Waals surface area contributed by atoms with Gasteiger partial charge in [-0.05, 0) is 32.4 Å². The Morgan fingerprint density at radius 1 is 1.36 bits per heavy atom. The maximum absolute atomic E-state index is 10.8. The van der Waals surface area contributed by atoms with Crippen molar-refractivity contribution < 1.29 is 14.4 Å². The lowest BCUT2D eigenvalue weighted by atomic mass is 10.0. The van der Waals surface area contributed by atoms with Crippen LogP contribution in [0.4, 0.5) is 0 Å². The summed E-state index contributed by atoms with van der Waals surface area (Å²) in [7, 11) is 0. The fourth-order valence-electron chi connectivity index (χ4n) is 2.47. The van der Waals surface area contributed by atoms with Crippen molar-refractivity contribution in [3.05, 3.63) is 39.6 Å². The summed E-state index contributed by atoms with van der Waals surface area (Å²) in [5, 5.41) is 13.2. The Balaban J connectivity index is 2.28. The number of aryl methyl sites for hydroxylation is 2. The number of aliphatic imine (C=N–C) groups is 1. The van der Waals surface area contributed by atoms with E-state index in [0.29, 0.717) is 10.9 Å². The first-order chi connectivity index (χ1) is 10.4. The Morgan fingerprint density at radius 2 is 2.09 bits per heavy atom. The Morgan fingerprint density at radius 3 is 2.77 bits per heavy atom. The first kappa shape index (κ1) is 15.0. The number of fused-ring (bicyclic) bond motifs is 3. The van der Waals surface area contributed by atoms with E-state index < -0.39 is 12.0 Å². The second-order valence-electron chi connectivity index (χ2n) is 5.06. The van der Waals surface area contributed by atoms with Crippen LogP contribution in [0.3, 0.4) is 0 Å². The molecule has 1 unspecified atom stereocenters. The van der Waals surface area contributed by atoms with Crippen LogP contribution >= 0.6 is 22.9 Å². The molecule has 114 valence electrons. The summed E-state index contributed by atoms with van der Waals surface area (Å²) in [5.74, 6) is -0.525. The van der Waals surface area contributed by atoms with Crippen LogP contribution in [0.25, 0.3) is 10.4 Å². The van der Waals surface area contributed by atoms with Gasteiger partial charge in [0, 0.05) is 16.5 Å². The zero-order chi connectivity index (χ0) is 16.0. The van der Waals surface area contributed by atoms with Gasteiger partial charge < -0.3 is 9.63 Å². The van der Waals surface area contributed by atoms with Gasteiger partial charge in [-0.3, -0.25) is 4.99 Å². The molecule has 0 saturated carbocycles. The quantitative estimate of drug-likeness (QED) is 0.841. The molecule has 7 heteroatoms. The van der Waals surface area contributed by atoms with Crippen molar-refractivity contribution in [2.75, 3.05) is 0 Å². The molecule has 3 rings (SSSR count). The van der Waals surface area contributed by atoms with Crippen molar-refractivity contribution in [2.24, 2.45) is 4.99 Å². The standard InChI is InChI=1S/C15H13ClN2O3S/c1-6-8(3)22-14-11(6)15(16)17-9(4-5-10(19)20)13-12(14)7(2)18-21-13/h4-5,9H,1-3H3,(H,19,20)/b5-4+. The summed E-state index contributed by atoms with van der Waals surface area (Å²) in [4.78, 5) is 17.3. The predicted octanol–water partition coefficient (Wildman–Crippen LogP) is 4.01. The maximum atomic E-state index is 10.8. The number of nitrogens with zero attached hydrogens (tertiary/aromatic N) is 2. The van der Waals surface area contributed by atoms with E-state index in [4.69, 9.17) is 21.2 Å². The monoisotopic (exact) mass is 336 g/mol. The van der Waals surface area contributed by atoms with Crippen molar-refractivity contribution in [2.45, 2.75) is 26.8 Å². The van der Waals surface area contributed by atoms with Gasteiger partial charge in [0.25, 0.3) is 0 Å². The second-order valence-corrected chi connectivity index (χ2v) is 6.64. The third kappa shape index (κ3) is 2.28. The van der Waals surface area contributed by atoms with Gasteiger partial charge in [0.05, 0.1) is 16.1 Å². The Bertz CT molecular complexity index is 832. The molecule has 2 aromatic heterocycles. The Hall–Kier alpha value is -1.92. The lowest BCUT2D eigenvalue weighted by Gasteiger charge is -2.03. The van der Waals surface area contributed by atoms with E-state index in [2.05, 4.69) is 10.1 Å². The number of hydrogen-bond donors (Lipinski definition) is 1. The molecule has 22 heavy (non-hydrogen) atoms. The highest BCUT2D eigenvalue weighted by atomic mass is 35.5. The minimum Gasteiger partial charge on any atom is -0.478 e. The van der Waals surface area contributed by atoms with Crippen LogP contribution in [0, 0.1) is 20.8 Å². The molecule has 0 amide bonds. The minimum absolute atomic E-state index is 0.364. The Labute approximate surface area is 135 Å². The zero-order valence-corrected chi connectivity index (χ0v) is 13.7. The van der Waals surface area contributed by atoms with Gasteiger partial charge in [-0.1, -0.05) is 16.8 Å². The second kappa shape index (κ2) is 5.37. The predicted molar refractivity (Wildman–Crippen MR) is 85.9 cm³/mol. The number of carboxylic acids is 1. The summed E-state index contributed by atoms with van der Waals surface area (Å²) in [5.41, 5.74) is 3.55. The van der Waals surface area contributed by atoms with Crippen molar-refractivity contribution in [3.8, 4) is 10.4 Å². The van der Waals surface area contributed by atoms with E-state index in [0.717, 1.165) is 38.2 Å². The van der Waals surface area contributed by atoms with Crippen LogP contribution in [-0.2, 0) is 4.79 Å². The fourth-order valence-corrected chi connectivity index (χ4v) is 4.13. The summed E-state index contributed by atoms with van der Waals surface area (Å²) in [6, 6.07) is -0.598. The van der Waals surface area contributed by atoms with Gasteiger partial charge in [0.2, 0.25) is 0 Å². The highest BCUT2D eigenvalue weighted by Crippen LogP contribution is 2.45. The third-order valence-corrected chi connectivity index (χ3v) is 5.16. The van der Waals surface area contributed by atoms with Gasteiger partial charge in [0.15, 0.2) is 5.76 Å². The van der Waals surface area contributed by atoms with E-state index in [1.165, 1.54) is 6.08 Å². The number of carboxylic acid groups (broad SMARTS) is 1. The molecule has 1 aliphatic rings. The minimum atomic E-state index is -1.05. The van der Waals surface area contributed by atoms with Crippen LogP contribution in [0.2, 0.25) is 0 Å². The first-order valence-corrected chi connectivity index (χ1v) is 7.81. The molecule has 0 saturated heterocycles. The van der Waals surface area contributed by atoms with Crippen molar-refractivity contribution in [1.29, 1.82) is 0 Å². The van der Waals surface area contributed by atoms with Crippen LogP contribution in [0.15, 0.2) is 21.7 Å². The average molecular weight is 337 g/mol. The summed E-state index contributed by atoms with van der Waals surface area (Å²) < 4.78 is 5.41. The third-order valence-electron chi connectivity index (χ3n) is 3.65. The largest absolute Gasteiger partial charge is 0.478 e. The van der Waals surface area contributed by atoms with Crippen LogP contribution in [-0.4, -0.2) is 21.4 Å². The van der Waals surface area contributed by atoms with E-state index in [1.807, 2.05) is 20.8 Å². The number of thiophene rings is 1. The number of hydrogen-bond acceptors (Lipinski definition) is 5. The smallest absolute Gasteiger partial charge is 0.328 e. The van der Waals surface area contributed by atoms with E-state index >= 15 is 0 Å². The highest BCUT2D eigenvalue weighted by Gasteiger charge is 2.31. The molecule has 0 aromatic carbocycles. The lowest BCUT2D eigenvalue weighted by molar-refractivity contribution is -0.131. The zero-order valence-electron chi connectivity index (χ0n) is 12.2. The molecule has 0 bridgehead atoms. The summed E-state index contributed by atoms with van der Waals surface area (Å²) in [6.07, 6.45) is 2.49. The van der Waals surface area contributed by atoms with Gasteiger partial charge in [-0.2, -0.15) is 0 Å². The molecule has 1 aliphatic heterocycles. The summed E-state index contributed by atoms with van der Waals surface area (Å²) in [6.45, 7) is 5.88. The summed E-state index contributed by atoms with van der Waals surface area (Å²) >= 11 is 8.01. The molecule has 0 fully saturated rings. The SMILES string of the molecule is Cc1noc2c1-c1sc(C)c(C)c1C(Cl)=NC2/C=C/C(=O)O. The number of halogens is 1. The molecule has 1 atom stereocenters. The molecule has 1 N–H and O–H groups in total. The average Bonchev–Trinajstić information content (AvgIpc) is 2.92. The van der Waals surface area contributed by atoms with Gasteiger partial charge in [0.1, 0.15) is 11.2 Å². The molecule has 0 spiro atoms.